The van der Waals surface area contributed by atoms with E-state index in [4.69, 9.17) is 94.6 Å². The summed E-state index contributed by atoms with van der Waals surface area (Å²) >= 11 is 24.0. The van der Waals surface area contributed by atoms with Gasteiger partial charge in [0.2, 0.25) is 0 Å². The summed E-state index contributed by atoms with van der Waals surface area (Å²) in [5.41, 5.74) is 4.08. The number of carboxylic acids is 1. The number of hydrogen-bond acceptors (Lipinski definition) is 13. The Labute approximate surface area is 721 Å². The van der Waals surface area contributed by atoms with E-state index in [2.05, 4.69) is 152 Å². The van der Waals surface area contributed by atoms with E-state index in [0.717, 1.165) is 43.8 Å². The first kappa shape index (κ1) is 108. The minimum absolute atomic E-state index is 0.0156. The number of nitrogens with one attached hydrogen (secondary N) is 3. The molecule has 3 amide bonds. The predicted octanol–water partition coefficient (Wildman–Crippen LogP) is 23.3. The number of para-hydroxylation sites is 1. The maximum atomic E-state index is 13.8. The van der Waals surface area contributed by atoms with Gasteiger partial charge in [-0.2, -0.15) is 0 Å². The van der Waals surface area contributed by atoms with E-state index >= 15 is 0 Å². The van der Waals surface area contributed by atoms with E-state index in [1.807, 2.05) is 125 Å². The van der Waals surface area contributed by atoms with E-state index < -0.39 is 88.6 Å². The minimum atomic E-state index is -1.31. The first-order valence-electron chi connectivity index (χ1n) is 40.4. The van der Waals surface area contributed by atoms with Crippen LogP contribution < -0.4 is 36.6 Å². The molecule has 0 aliphatic carbocycles. The lowest BCUT2D eigenvalue weighted by Gasteiger charge is -2.33. The third-order valence-corrected chi connectivity index (χ3v) is 24.2. The van der Waals surface area contributed by atoms with Gasteiger partial charge in [0.05, 0.1) is 89.2 Å². The fourth-order valence-corrected chi connectivity index (χ4v) is 16.0. The van der Waals surface area contributed by atoms with Crippen LogP contribution in [0.5, 0.6) is 11.5 Å². The van der Waals surface area contributed by atoms with Gasteiger partial charge in [-0.25, -0.2) is 13.6 Å². The summed E-state index contributed by atoms with van der Waals surface area (Å²) in [6.07, 6.45) is 3.55. The highest BCUT2D eigenvalue weighted by atomic mass is 35.5. The third kappa shape index (κ3) is 36.8. The summed E-state index contributed by atoms with van der Waals surface area (Å²) < 4.78 is 74.9. The van der Waals surface area contributed by atoms with Gasteiger partial charge < -0.3 is 64.2 Å². The van der Waals surface area contributed by atoms with Gasteiger partial charge in [0, 0.05) is 38.3 Å². The third-order valence-electron chi connectivity index (χ3n) is 19.6. The van der Waals surface area contributed by atoms with E-state index in [-0.39, 0.29) is 77.2 Å². The molecule has 656 valence electrons. The second-order valence-electron chi connectivity index (χ2n) is 44.1. The van der Waals surface area contributed by atoms with Crippen LogP contribution in [0, 0.1) is 33.3 Å². The summed E-state index contributed by atoms with van der Waals surface area (Å²) in [6.45, 7) is 81.2. The van der Waals surface area contributed by atoms with Crippen molar-refractivity contribution in [1.82, 2.24) is 16.0 Å². The normalized spacial score (nSPS) is 17.1. The van der Waals surface area contributed by atoms with Crippen LogP contribution in [0.15, 0.2) is 66.7 Å². The zero-order valence-corrected chi connectivity index (χ0v) is 83.0. The van der Waals surface area contributed by atoms with E-state index in [9.17, 15) is 28.0 Å². The SMILES string of the molecule is CC(C)(C)CC(C)(C)N.CC(C)(C)CC(C)(C)NC(=O)c1cc(B2OC(C)(C)C(C)(C)O2)cc(Cl)c1OCC[Si](C)(C)C.CC(C)(C)CC(C)(C)NC(=O)c1cccc(Cl)c1F.CC(C)(C)CC(C)(C)NC(=O)c1cccc(Cl)c1OCC[Si](C)(C)C.CC1(C)OB(B2OC(C)(C)C(C)(C)O2)OC1(C)C.O=C(O)c1cccc(Cl)c1F. The smallest absolute Gasteiger partial charge is 0.491 e. The van der Waals surface area contributed by atoms with Crippen LogP contribution in [0.4, 0.5) is 8.78 Å². The van der Waals surface area contributed by atoms with Crippen molar-refractivity contribution < 1.29 is 70.5 Å². The monoisotopic (exact) mass is 1730 g/mol. The van der Waals surface area contributed by atoms with Gasteiger partial charge >= 0.3 is 27.1 Å². The molecule has 3 aliphatic heterocycles. The number of halogens is 6. The Morgan fingerprint density at radius 1 is 0.414 bits per heavy atom. The number of carboxylic acid groups (broad SMARTS) is 1. The number of amides is 3. The largest absolute Gasteiger partial charge is 0.494 e. The van der Waals surface area contributed by atoms with E-state index in [1.165, 1.54) is 24.3 Å². The molecule has 3 fully saturated rings. The zero-order valence-electron chi connectivity index (χ0n) is 77.9. The number of nitrogens with two attached hydrogens (primary N) is 1. The average Bonchev–Trinajstić information content (AvgIpc) is 1.60. The number of aromatic carboxylic acids is 1. The van der Waals surface area contributed by atoms with Gasteiger partial charge in [-0.15, -0.1) is 0 Å². The van der Waals surface area contributed by atoms with Crippen LogP contribution in [-0.4, -0.2) is 135 Å². The quantitative estimate of drug-likeness (QED) is 0.0490. The van der Waals surface area contributed by atoms with Crippen LogP contribution in [0.25, 0.3) is 0 Å². The molecule has 7 rings (SSSR count). The Kier molecular flexibility index (Phi) is 37.5. The van der Waals surface area contributed by atoms with Crippen molar-refractivity contribution in [3.63, 3.8) is 0 Å². The molecule has 6 N–H and O–H groups in total. The highest BCUT2D eigenvalue weighted by molar-refractivity contribution is 7.11. The minimum Gasteiger partial charge on any atom is -0.491 e. The maximum Gasteiger partial charge on any atom is 0.494 e. The summed E-state index contributed by atoms with van der Waals surface area (Å²) in [5.74, 6) is -2.75. The highest BCUT2D eigenvalue weighted by Crippen LogP contribution is 2.44. The Hall–Kier alpha value is -4.27. The predicted molar refractivity (Wildman–Crippen MR) is 487 cm³/mol. The summed E-state index contributed by atoms with van der Waals surface area (Å²) in [6, 6.07) is 19.2. The van der Waals surface area contributed by atoms with Crippen LogP contribution in [0.2, 0.25) is 71.5 Å². The summed E-state index contributed by atoms with van der Waals surface area (Å²) in [7, 11) is -4.09. The second kappa shape index (κ2) is 40.4. The zero-order chi connectivity index (χ0) is 90.8. The molecule has 0 atom stereocenters. The van der Waals surface area contributed by atoms with Crippen LogP contribution in [0.3, 0.4) is 0 Å². The Morgan fingerprint density at radius 2 is 0.690 bits per heavy atom. The van der Waals surface area contributed by atoms with Crippen molar-refractivity contribution >= 4 is 113 Å². The molecule has 0 unspecified atom stereocenters. The number of ether oxygens (including phenoxy) is 2. The van der Waals surface area contributed by atoms with Crippen molar-refractivity contribution in [1.29, 1.82) is 0 Å². The van der Waals surface area contributed by atoms with Crippen LogP contribution in [0.1, 0.15) is 289 Å². The lowest BCUT2D eigenvalue weighted by Crippen LogP contribution is -2.46. The fraction of sp³-hybridized carbons (Fsp3) is 0.682. The number of carbonyl (C=O) groups is 4. The molecule has 3 aliphatic rings. The van der Waals surface area contributed by atoms with Gasteiger partial charge in [-0.1, -0.05) is 187 Å². The lowest BCUT2D eigenvalue weighted by molar-refractivity contribution is 0.00578. The number of carbonyl (C=O) groups excluding carboxylic acids is 3. The van der Waals surface area contributed by atoms with Gasteiger partial charge in [-0.3, -0.25) is 14.4 Å². The van der Waals surface area contributed by atoms with Gasteiger partial charge in [-0.05, 0) is 252 Å². The highest BCUT2D eigenvalue weighted by Gasteiger charge is 2.64. The molecule has 28 heteroatoms. The van der Waals surface area contributed by atoms with E-state index in [0.29, 0.717) is 56.8 Å². The lowest BCUT2D eigenvalue weighted by atomic mass is 9.49. The molecule has 116 heavy (non-hydrogen) atoms. The first-order valence-corrected chi connectivity index (χ1v) is 49.3. The van der Waals surface area contributed by atoms with E-state index in [1.54, 1.807) is 36.4 Å². The summed E-state index contributed by atoms with van der Waals surface area (Å²) in [5, 5.41) is 18.2. The van der Waals surface area contributed by atoms with Crippen LogP contribution in [-0.2, 0) is 27.9 Å². The molecule has 0 saturated carbocycles. The van der Waals surface area contributed by atoms with Crippen molar-refractivity contribution in [3.05, 3.63) is 121 Å². The molecule has 0 spiro atoms. The van der Waals surface area contributed by atoms with Crippen LogP contribution >= 0.6 is 46.4 Å². The first-order chi connectivity index (χ1) is 51.6. The molecule has 4 aromatic rings. The second-order valence-corrected chi connectivity index (χ2v) is 57.0. The van der Waals surface area contributed by atoms with Crippen molar-refractivity contribution in [2.24, 2.45) is 27.4 Å². The van der Waals surface area contributed by atoms with Gasteiger partial charge in [0.15, 0.2) is 23.1 Å². The molecule has 4 aromatic carbocycles. The van der Waals surface area contributed by atoms with Gasteiger partial charge in [0.25, 0.3) is 17.7 Å². The molecule has 0 bridgehead atoms. The molecule has 3 heterocycles. The molecule has 0 aromatic heterocycles. The molecule has 3 saturated heterocycles. The molecule has 0 radical (unpaired) electrons. The van der Waals surface area contributed by atoms with Gasteiger partial charge in [0.1, 0.15) is 0 Å². The fourth-order valence-electron chi connectivity index (χ4n) is 13.7. The summed E-state index contributed by atoms with van der Waals surface area (Å²) in [4.78, 5) is 48.8. The van der Waals surface area contributed by atoms with Crippen molar-refractivity contribution in [2.75, 3.05) is 13.2 Å². The number of benzene rings is 4. The van der Waals surface area contributed by atoms with Crippen molar-refractivity contribution in [2.45, 2.75) is 354 Å². The Balaban J connectivity index is 0.000000496. The number of hydrogen-bond donors (Lipinski definition) is 5. The number of rotatable bonds is 21. The Bertz CT molecular complexity index is 3850. The maximum absolute atomic E-state index is 13.8. The molecular weight excluding hydrogens is 1590 g/mol. The Morgan fingerprint density at radius 3 is 0.983 bits per heavy atom. The standard InChI is InChI=1S/C26H45BClNO4Si.C20H34ClNO2Si.C15H21ClFNO.C12H24B2O4.C8H19N.C7H4ClFO2/c1-23(2,3)17-24(4,5)29-22(30)19-15-18(27-32-25(6,7)26(8,9)33-27)16-20(28)21(19)31-13-14-34(10,11)12;1-19(2,3)14-20(4,5)22-18(23)15-10-9-11-16(21)17(15)24-12-13-25(6,7)8;1-14(2,3)9-15(4,5)18-13(19)10-7-6-8-11(16)12(10)17;1-9(2)10(3,4)16-13(15-9)14-17-11(5,6)12(7,8)18-14;1-7(2,3)6-8(4,5)9;8-5-3-1-2-4(6(5)9)7(10)11/h15-16H,13-14,17H2,1-12H3,(H,29,30);9-11H,12-14H2,1-8H3,(H,22,23);6-8H,9H2,1-5H3,(H,18,19);1-8H3;6,9H2,1-5H3;1-3H,(H,10,11). The average molecular weight is 1740 g/mol. The topological polar surface area (TPSA) is 224 Å². The molecular formula is C88H147B3Cl4F2N4O13Si2. The molecule has 17 nitrogen and oxygen atoms in total. The van der Waals surface area contributed by atoms with Crippen molar-refractivity contribution in [3.8, 4) is 11.5 Å².